The highest BCUT2D eigenvalue weighted by molar-refractivity contribution is 5.98. The van der Waals surface area contributed by atoms with Crippen LogP contribution in [0.5, 0.6) is 5.75 Å². The van der Waals surface area contributed by atoms with Crippen LogP contribution in [0.25, 0.3) is 0 Å². The maximum absolute atomic E-state index is 12.2. The number of nitriles is 1. The molecule has 1 aliphatic carbocycles. The lowest BCUT2D eigenvalue weighted by Gasteiger charge is -2.19. The second-order valence-electron chi connectivity index (χ2n) is 4.81. The largest absolute Gasteiger partial charge is 0.506 e. The first-order chi connectivity index (χ1) is 9.48. The zero-order chi connectivity index (χ0) is 14.8. The van der Waals surface area contributed by atoms with E-state index in [2.05, 4.69) is 5.32 Å². The van der Waals surface area contributed by atoms with Gasteiger partial charge >= 0.3 is 0 Å². The normalized spacial score (nSPS) is 16.4. The van der Waals surface area contributed by atoms with Crippen molar-refractivity contribution in [2.24, 2.45) is 5.41 Å². The predicted octanol–water partition coefficient (Wildman–Crippen LogP) is 2.32. The van der Waals surface area contributed by atoms with Crippen LogP contribution in [-0.2, 0) is 4.79 Å². The Labute approximate surface area is 115 Å². The molecule has 20 heavy (non-hydrogen) atoms. The van der Waals surface area contributed by atoms with Gasteiger partial charge in [0.05, 0.1) is 22.7 Å². The number of nitrogens with zero attached hydrogens (tertiary/aromatic N) is 2. The second kappa shape index (κ2) is 5.17. The molecular formula is C13H13N3O4. The average Bonchev–Trinajstić information content (AvgIpc) is 2.90. The molecule has 1 aliphatic rings. The van der Waals surface area contributed by atoms with Crippen LogP contribution >= 0.6 is 0 Å². The lowest BCUT2D eigenvalue weighted by atomic mass is 9.87. The molecule has 7 nitrogen and oxygen atoms in total. The van der Waals surface area contributed by atoms with Gasteiger partial charge in [-0.15, -0.1) is 0 Å². The molecule has 0 unspecified atom stereocenters. The molecule has 1 saturated carbocycles. The summed E-state index contributed by atoms with van der Waals surface area (Å²) in [6.07, 6.45) is 2.60. The molecule has 1 aromatic rings. The molecule has 104 valence electrons. The summed E-state index contributed by atoms with van der Waals surface area (Å²) in [6.45, 7) is 0. The molecule has 0 heterocycles. The van der Waals surface area contributed by atoms with Crippen LogP contribution < -0.4 is 5.32 Å². The van der Waals surface area contributed by atoms with E-state index in [9.17, 15) is 25.3 Å². The molecule has 0 radical (unpaired) electrons. The van der Waals surface area contributed by atoms with Gasteiger partial charge in [-0.3, -0.25) is 14.9 Å². The van der Waals surface area contributed by atoms with Crippen molar-refractivity contribution in [2.75, 3.05) is 5.32 Å². The topological polar surface area (TPSA) is 116 Å². The first-order valence-electron chi connectivity index (χ1n) is 6.19. The van der Waals surface area contributed by atoms with Gasteiger partial charge in [0.25, 0.3) is 5.69 Å². The van der Waals surface area contributed by atoms with Crippen LogP contribution in [-0.4, -0.2) is 15.9 Å². The summed E-state index contributed by atoms with van der Waals surface area (Å²) < 4.78 is 0. The van der Waals surface area contributed by atoms with E-state index in [4.69, 9.17) is 0 Å². The summed E-state index contributed by atoms with van der Waals surface area (Å²) in [5, 5.41) is 31.9. The zero-order valence-electron chi connectivity index (χ0n) is 10.6. The summed E-state index contributed by atoms with van der Waals surface area (Å²) in [4.78, 5) is 22.1. The fourth-order valence-electron chi connectivity index (χ4n) is 2.35. The van der Waals surface area contributed by atoms with E-state index in [1.807, 2.05) is 6.07 Å². The highest BCUT2D eigenvalue weighted by atomic mass is 16.6. The Balaban J connectivity index is 2.20. The minimum absolute atomic E-state index is 0.0714. The smallest absolute Gasteiger partial charge is 0.273 e. The van der Waals surface area contributed by atoms with Crippen molar-refractivity contribution >= 4 is 17.3 Å². The van der Waals surface area contributed by atoms with Crippen LogP contribution in [0.2, 0.25) is 0 Å². The van der Waals surface area contributed by atoms with Gasteiger partial charge in [0, 0.05) is 6.07 Å². The third-order valence-corrected chi connectivity index (χ3v) is 3.55. The van der Waals surface area contributed by atoms with Crippen molar-refractivity contribution in [1.82, 2.24) is 0 Å². The number of nitro groups is 1. The number of phenolic OH excluding ortho intramolecular Hbond substituents is 1. The molecule has 1 amide bonds. The first kappa shape index (κ1) is 13.8. The van der Waals surface area contributed by atoms with Crippen LogP contribution in [0.3, 0.4) is 0 Å². The summed E-state index contributed by atoms with van der Waals surface area (Å²) in [6, 6.07) is 5.45. The van der Waals surface area contributed by atoms with E-state index >= 15 is 0 Å². The number of carbonyl (C=O) groups is 1. The average molecular weight is 275 g/mol. The maximum atomic E-state index is 12.2. The SMILES string of the molecule is N#CC1(C(=O)Nc2ccc([N+](=O)[O-])cc2O)CCCC1. The highest BCUT2D eigenvalue weighted by Gasteiger charge is 2.41. The number of rotatable bonds is 3. The molecule has 1 fully saturated rings. The van der Waals surface area contributed by atoms with Gasteiger partial charge in [-0.25, -0.2) is 0 Å². The van der Waals surface area contributed by atoms with Gasteiger partial charge < -0.3 is 10.4 Å². The molecule has 1 aromatic carbocycles. The van der Waals surface area contributed by atoms with Crippen molar-refractivity contribution < 1.29 is 14.8 Å². The Kier molecular flexibility index (Phi) is 3.57. The third kappa shape index (κ3) is 2.40. The molecule has 0 atom stereocenters. The fourth-order valence-corrected chi connectivity index (χ4v) is 2.35. The van der Waals surface area contributed by atoms with E-state index in [0.717, 1.165) is 18.9 Å². The number of benzene rings is 1. The lowest BCUT2D eigenvalue weighted by Crippen LogP contribution is -2.32. The molecule has 0 spiro atoms. The molecule has 0 aliphatic heterocycles. The molecule has 0 saturated heterocycles. The van der Waals surface area contributed by atoms with E-state index < -0.39 is 22.0 Å². The first-order valence-corrected chi connectivity index (χ1v) is 6.19. The number of hydrogen-bond donors (Lipinski definition) is 2. The van der Waals surface area contributed by atoms with Gasteiger partial charge in [0.2, 0.25) is 5.91 Å². The number of anilines is 1. The molecular weight excluding hydrogens is 262 g/mol. The minimum atomic E-state index is -1.06. The summed E-state index contributed by atoms with van der Waals surface area (Å²) in [5.74, 6) is -0.861. The third-order valence-electron chi connectivity index (χ3n) is 3.55. The fraction of sp³-hybridized carbons (Fsp3) is 0.385. The minimum Gasteiger partial charge on any atom is -0.506 e. The highest BCUT2D eigenvalue weighted by Crippen LogP contribution is 2.39. The van der Waals surface area contributed by atoms with E-state index in [-0.39, 0.29) is 11.4 Å². The quantitative estimate of drug-likeness (QED) is 0.498. The Morgan fingerprint density at radius 1 is 1.45 bits per heavy atom. The molecule has 2 rings (SSSR count). The van der Waals surface area contributed by atoms with Gasteiger partial charge in [-0.1, -0.05) is 12.8 Å². The Bertz CT molecular complexity index is 600. The number of nitrogens with one attached hydrogen (secondary N) is 1. The Hall–Kier alpha value is -2.62. The molecule has 7 heteroatoms. The van der Waals surface area contributed by atoms with Crippen LogP contribution in [0.4, 0.5) is 11.4 Å². The Morgan fingerprint density at radius 3 is 2.60 bits per heavy atom. The molecule has 0 aromatic heterocycles. The van der Waals surface area contributed by atoms with E-state index in [1.165, 1.54) is 12.1 Å². The number of amides is 1. The summed E-state index contributed by atoms with van der Waals surface area (Å²) in [5.41, 5.74) is -1.26. The van der Waals surface area contributed by atoms with E-state index in [1.54, 1.807) is 0 Å². The van der Waals surface area contributed by atoms with Crippen molar-refractivity contribution in [3.8, 4) is 11.8 Å². The summed E-state index contributed by atoms with van der Waals surface area (Å²) >= 11 is 0. The number of non-ortho nitro benzene ring substituents is 1. The predicted molar refractivity (Wildman–Crippen MR) is 69.9 cm³/mol. The maximum Gasteiger partial charge on any atom is 0.273 e. The van der Waals surface area contributed by atoms with E-state index in [0.29, 0.717) is 12.8 Å². The lowest BCUT2D eigenvalue weighted by molar-refractivity contribution is -0.384. The molecule has 2 N–H and O–H groups in total. The Morgan fingerprint density at radius 2 is 2.10 bits per heavy atom. The van der Waals surface area contributed by atoms with Crippen molar-refractivity contribution in [1.29, 1.82) is 5.26 Å². The van der Waals surface area contributed by atoms with Gasteiger partial charge in [-0.2, -0.15) is 5.26 Å². The zero-order valence-corrected chi connectivity index (χ0v) is 10.6. The van der Waals surface area contributed by atoms with Gasteiger partial charge in [0.15, 0.2) is 0 Å². The number of nitro benzene ring substituents is 1. The van der Waals surface area contributed by atoms with Gasteiger partial charge in [-0.05, 0) is 18.9 Å². The number of phenols is 1. The summed E-state index contributed by atoms with van der Waals surface area (Å²) in [7, 11) is 0. The van der Waals surface area contributed by atoms with Crippen LogP contribution in [0.1, 0.15) is 25.7 Å². The van der Waals surface area contributed by atoms with Crippen molar-refractivity contribution in [2.45, 2.75) is 25.7 Å². The van der Waals surface area contributed by atoms with Crippen molar-refractivity contribution in [3.63, 3.8) is 0 Å². The van der Waals surface area contributed by atoms with Gasteiger partial charge in [0.1, 0.15) is 11.2 Å². The van der Waals surface area contributed by atoms with Crippen LogP contribution in [0, 0.1) is 26.9 Å². The monoisotopic (exact) mass is 275 g/mol. The second-order valence-corrected chi connectivity index (χ2v) is 4.81. The number of aromatic hydroxyl groups is 1. The number of carbonyl (C=O) groups excluding carboxylic acids is 1. The molecule has 0 bridgehead atoms. The number of hydrogen-bond acceptors (Lipinski definition) is 5. The standard InChI is InChI=1S/C13H13N3O4/c14-8-13(5-1-2-6-13)12(18)15-10-4-3-9(16(19)20)7-11(10)17/h3-4,7,17H,1-2,5-6H2,(H,15,18). The van der Waals surface area contributed by atoms with Crippen LogP contribution in [0.15, 0.2) is 18.2 Å². The van der Waals surface area contributed by atoms with Crippen molar-refractivity contribution in [3.05, 3.63) is 28.3 Å².